The number of allylic oxidation sites excluding steroid dienone is 1. The number of nitroso groups, excluding NO2 is 1. The molecule has 3 heterocycles. The first kappa shape index (κ1) is 16.1. The second-order valence-electron chi connectivity index (χ2n) is 6.33. The summed E-state index contributed by atoms with van der Waals surface area (Å²) in [5, 5.41) is 4.31. The van der Waals surface area contributed by atoms with Crippen LogP contribution in [-0.4, -0.2) is 48.9 Å². The van der Waals surface area contributed by atoms with E-state index in [4.69, 9.17) is 4.74 Å². The van der Waals surface area contributed by atoms with E-state index in [1.54, 1.807) is 6.20 Å². The van der Waals surface area contributed by atoms with E-state index in [1.807, 2.05) is 36.6 Å². The highest BCUT2D eigenvalue weighted by Crippen LogP contribution is 2.40. The zero-order valence-corrected chi connectivity index (χ0v) is 13.9. The van der Waals surface area contributed by atoms with Crippen LogP contribution in [0.2, 0.25) is 0 Å². The van der Waals surface area contributed by atoms with Crippen molar-refractivity contribution in [2.75, 3.05) is 32.8 Å². The number of hydrogen-bond acceptors (Lipinski definition) is 6. The van der Waals surface area contributed by atoms with Gasteiger partial charge in [0.15, 0.2) is 0 Å². The molecule has 0 radical (unpaired) electrons. The van der Waals surface area contributed by atoms with Gasteiger partial charge in [-0.05, 0) is 17.3 Å². The van der Waals surface area contributed by atoms with Gasteiger partial charge < -0.3 is 4.74 Å². The average molecular weight is 336 g/mol. The fraction of sp³-hybridized carbons (Fsp3) is 0.368. The van der Waals surface area contributed by atoms with Crippen molar-refractivity contribution in [2.45, 2.75) is 6.04 Å². The van der Waals surface area contributed by atoms with Gasteiger partial charge >= 0.3 is 0 Å². The first-order valence-electron chi connectivity index (χ1n) is 8.58. The number of aromatic nitrogens is 1. The number of pyridine rings is 1. The highest BCUT2D eigenvalue weighted by Gasteiger charge is 2.32. The highest BCUT2D eigenvalue weighted by atomic mass is 16.5. The van der Waals surface area contributed by atoms with Crippen LogP contribution >= 0.6 is 0 Å². The fourth-order valence-electron chi connectivity index (χ4n) is 3.74. The summed E-state index contributed by atoms with van der Waals surface area (Å²) in [5.74, 6) is 0.199. The molecule has 0 saturated carbocycles. The predicted molar refractivity (Wildman–Crippen MR) is 98.3 cm³/mol. The third-order valence-corrected chi connectivity index (χ3v) is 4.90. The number of rotatable bonds is 4. The molecule has 25 heavy (non-hydrogen) atoms. The molecule has 0 aliphatic carbocycles. The van der Waals surface area contributed by atoms with Crippen molar-refractivity contribution in [3.05, 3.63) is 53.1 Å². The minimum absolute atomic E-state index is 0.0386. The zero-order chi connectivity index (χ0) is 17.1. The van der Waals surface area contributed by atoms with Gasteiger partial charge in [0.1, 0.15) is 5.69 Å². The Balaban J connectivity index is 1.83. The lowest BCUT2D eigenvalue weighted by Gasteiger charge is -2.38. The standard InChI is InChI=1S/C19H20N4O2/c24-22-18-16(6-5-14-3-2-8-21-17(14)18)19(15-4-1-7-20-13-15)23-9-11-25-12-10-23/h1-8,15,19H,9-13H2. The molecule has 0 amide bonds. The van der Waals surface area contributed by atoms with Crippen LogP contribution in [0.1, 0.15) is 11.6 Å². The van der Waals surface area contributed by atoms with Crippen molar-refractivity contribution in [3.8, 4) is 0 Å². The molecule has 0 N–H and O–H groups in total. The molecule has 2 unspecified atom stereocenters. The van der Waals surface area contributed by atoms with E-state index in [9.17, 15) is 4.91 Å². The molecule has 0 bridgehead atoms. The SMILES string of the molecule is O=Nc1c(C(C2C=CC=NC2)N2CCOCC2)ccc2cccnc12. The van der Waals surface area contributed by atoms with Crippen LogP contribution in [0.25, 0.3) is 10.9 Å². The third kappa shape index (κ3) is 3.10. The van der Waals surface area contributed by atoms with Crippen LogP contribution in [0.3, 0.4) is 0 Å². The van der Waals surface area contributed by atoms with Crippen LogP contribution in [-0.2, 0) is 4.74 Å². The molecule has 1 aromatic carbocycles. The number of hydrogen-bond donors (Lipinski definition) is 0. The van der Waals surface area contributed by atoms with Gasteiger partial charge in [0.05, 0.1) is 18.7 Å². The van der Waals surface area contributed by atoms with Gasteiger partial charge in [-0.25, -0.2) is 0 Å². The molecule has 1 aromatic heterocycles. The maximum absolute atomic E-state index is 11.7. The largest absolute Gasteiger partial charge is 0.379 e. The molecular weight excluding hydrogens is 316 g/mol. The van der Waals surface area contributed by atoms with E-state index >= 15 is 0 Å². The number of aliphatic imine (C=N–C) groups is 1. The Morgan fingerprint density at radius 2 is 2.12 bits per heavy atom. The molecule has 1 fully saturated rings. The second-order valence-corrected chi connectivity index (χ2v) is 6.33. The van der Waals surface area contributed by atoms with Crippen molar-refractivity contribution >= 4 is 22.8 Å². The van der Waals surface area contributed by atoms with Crippen LogP contribution in [0.5, 0.6) is 0 Å². The quantitative estimate of drug-likeness (QED) is 0.804. The smallest absolute Gasteiger partial charge is 0.139 e. The monoisotopic (exact) mass is 336 g/mol. The first-order chi connectivity index (χ1) is 12.4. The number of dihydropyridines is 1. The molecule has 6 heteroatoms. The first-order valence-corrected chi connectivity index (χ1v) is 8.58. The lowest BCUT2D eigenvalue weighted by molar-refractivity contribution is 0.00760. The highest BCUT2D eigenvalue weighted by molar-refractivity contribution is 5.90. The van der Waals surface area contributed by atoms with Gasteiger partial charge in [-0.3, -0.25) is 14.9 Å². The van der Waals surface area contributed by atoms with E-state index in [-0.39, 0.29) is 12.0 Å². The van der Waals surface area contributed by atoms with E-state index in [1.165, 1.54) is 0 Å². The molecule has 1 saturated heterocycles. The lowest BCUT2D eigenvalue weighted by Crippen LogP contribution is -2.42. The lowest BCUT2D eigenvalue weighted by atomic mass is 9.88. The van der Waals surface area contributed by atoms with Crippen molar-refractivity contribution < 1.29 is 4.74 Å². The number of benzene rings is 1. The molecule has 2 aliphatic rings. The summed E-state index contributed by atoms with van der Waals surface area (Å²) in [5.41, 5.74) is 2.03. The summed E-state index contributed by atoms with van der Waals surface area (Å²) in [7, 11) is 0. The topological polar surface area (TPSA) is 67.2 Å². The molecule has 2 aromatic rings. The molecule has 128 valence electrons. The Kier molecular flexibility index (Phi) is 4.63. The van der Waals surface area contributed by atoms with Gasteiger partial charge in [-0.2, -0.15) is 0 Å². The summed E-state index contributed by atoms with van der Waals surface area (Å²) in [4.78, 5) is 22.9. The molecule has 2 atom stereocenters. The summed E-state index contributed by atoms with van der Waals surface area (Å²) >= 11 is 0. The minimum Gasteiger partial charge on any atom is -0.379 e. The fourth-order valence-corrected chi connectivity index (χ4v) is 3.74. The summed E-state index contributed by atoms with van der Waals surface area (Å²) in [6.45, 7) is 3.77. The maximum Gasteiger partial charge on any atom is 0.139 e. The number of morpholine rings is 1. The number of fused-ring (bicyclic) bond motifs is 1. The Morgan fingerprint density at radius 3 is 2.88 bits per heavy atom. The third-order valence-electron chi connectivity index (χ3n) is 4.90. The zero-order valence-electron chi connectivity index (χ0n) is 13.9. The Hall–Kier alpha value is -2.44. The van der Waals surface area contributed by atoms with Gasteiger partial charge in [0.2, 0.25) is 0 Å². The van der Waals surface area contributed by atoms with Crippen LogP contribution in [0, 0.1) is 10.8 Å². The Labute approximate surface area is 146 Å². The Bertz CT molecular complexity index is 827. The molecule has 2 aliphatic heterocycles. The van der Waals surface area contributed by atoms with E-state index in [0.29, 0.717) is 31.0 Å². The maximum atomic E-state index is 11.7. The van der Waals surface area contributed by atoms with Gasteiger partial charge in [-0.15, -0.1) is 4.91 Å². The molecular formula is C19H20N4O2. The van der Waals surface area contributed by atoms with Gasteiger partial charge in [-0.1, -0.05) is 24.3 Å². The van der Waals surface area contributed by atoms with Crippen LogP contribution in [0.4, 0.5) is 5.69 Å². The van der Waals surface area contributed by atoms with Crippen molar-refractivity contribution in [1.29, 1.82) is 0 Å². The number of nitrogens with zero attached hydrogens (tertiary/aromatic N) is 4. The summed E-state index contributed by atoms with van der Waals surface area (Å²) in [6.07, 6.45) is 7.68. The molecule has 4 rings (SSSR count). The Morgan fingerprint density at radius 1 is 1.24 bits per heavy atom. The van der Waals surface area contributed by atoms with E-state index in [0.717, 1.165) is 24.0 Å². The van der Waals surface area contributed by atoms with Gasteiger partial charge in [0, 0.05) is 55.0 Å². The average Bonchev–Trinajstić information content (AvgIpc) is 2.69. The molecule has 6 nitrogen and oxygen atoms in total. The van der Waals surface area contributed by atoms with Crippen molar-refractivity contribution in [1.82, 2.24) is 9.88 Å². The van der Waals surface area contributed by atoms with Gasteiger partial charge in [0.25, 0.3) is 0 Å². The molecule has 0 spiro atoms. The predicted octanol–water partition coefficient (Wildman–Crippen LogP) is 3.26. The minimum atomic E-state index is 0.0386. The summed E-state index contributed by atoms with van der Waals surface area (Å²) in [6, 6.07) is 7.91. The van der Waals surface area contributed by atoms with E-state index in [2.05, 4.69) is 26.1 Å². The van der Waals surface area contributed by atoms with Crippen LogP contribution in [0.15, 0.2) is 52.8 Å². The van der Waals surface area contributed by atoms with Crippen LogP contribution < -0.4 is 0 Å². The second kappa shape index (κ2) is 7.21. The van der Waals surface area contributed by atoms with Crippen molar-refractivity contribution in [2.24, 2.45) is 16.1 Å². The number of ether oxygens (including phenoxy) is 1. The van der Waals surface area contributed by atoms with Crippen molar-refractivity contribution in [3.63, 3.8) is 0 Å². The summed E-state index contributed by atoms with van der Waals surface area (Å²) < 4.78 is 5.51. The van der Waals surface area contributed by atoms with E-state index < -0.39 is 0 Å². The normalized spacial score (nSPS) is 22.2.